The van der Waals surface area contributed by atoms with E-state index >= 15 is 4.39 Å². The fourth-order valence-electron chi connectivity index (χ4n) is 5.04. The van der Waals surface area contributed by atoms with Crippen LogP contribution in [0.5, 0.6) is 0 Å². The molecular weight excluding hydrogens is 432 g/mol. The maximum absolute atomic E-state index is 15.3. The summed E-state index contributed by atoms with van der Waals surface area (Å²) in [6.07, 6.45) is 4.28. The van der Waals surface area contributed by atoms with Gasteiger partial charge in [-0.05, 0) is 72.6 Å². The molecule has 2 aromatic carbocycles. The van der Waals surface area contributed by atoms with Gasteiger partial charge >= 0.3 is 0 Å². The van der Waals surface area contributed by atoms with Crippen molar-refractivity contribution < 1.29 is 4.39 Å². The molecule has 1 saturated carbocycles. The van der Waals surface area contributed by atoms with Crippen LogP contribution in [0.25, 0.3) is 0 Å². The Morgan fingerprint density at radius 2 is 2.00 bits per heavy atom. The molecule has 5 rings (SSSR count). The Morgan fingerprint density at radius 1 is 1.17 bits per heavy atom. The molecule has 1 aliphatic heterocycles. The van der Waals surface area contributed by atoms with Crippen LogP contribution in [0.3, 0.4) is 0 Å². The number of fused-ring (bicyclic) bond motifs is 4. The van der Waals surface area contributed by atoms with Crippen molar-refractivity contribution >= 4 is 47.9 Å². The Hall–Kier alpha value is -1.33. The highest BCUT2D eigenvalue weighted by atomic mass is 35.5. The number of nitrogens with two attached hydrogens (primary N) is 1. The van der Waals surface area contributed by atoms with Crippen LogP contribution in [0, 0.1) is 0 Å². The van der Waals surface area contributed by atoms with E-state index in [1.165, 1.54) is 16.7 Å². The molecule has 7 heteroatoms. The fourth-order valence-corrected chi connectivity index (χ4v) is 5.25. The van der Waals surface area contributed by atoms with Crippen LogP contribution < -0.4 is 11.1 Å². The molecule has 2 aromatic rings. The third-order valence-electron chi connectivity index (χ3n) is 6.44. The van der Waals surface area contributed by atoms with Gasteiger partial charge in [0.15, 0.2) is 5.67 Å². The third kappa shape index (κ3) is 3.76. The average molecular weight is 457 g/mol. The molecule has 3 atom stereocenters. The minimum absolute atomic E-state index is 0. The van der Waals surface area contributed by atoms with Crippen LogP contribution in [0.2, 0.25) is 5.02 Å². The van der Waals surface area contributed by atoms with Crippen LogP contribution >= 0.6 is 36.4 Å². The highest BCUT2D eigenvalue weighted by Crippen LogP contribution is 2.53. The van der Waals surface area contributed by atoms with Gasteiger partial charge in [-0.25, -0.2) is 9.38 Å². The van der Waals surface area contributed by atoms with E-state index < -0.39 is 5.67 Å². The molecule has 0 spiro atoms. The lowest BCUT2D eigenvalue weighted by molar-refractivity contribution is 0.232. The van der Waals surface area contributed by atoms with Gasteiger partial charge in [-0.1, -0.05) is 29.8 Å². The Kier molecular flexibility index (Phi) is 6.50. The van der Waals surface area contributed by atoms with Crippen molar-refractivity contribution in [3.8, 4) is 0 Å². The van der Waals surface area contributed by atoms with Gasteiger partial charge in [-0.2, -0.15) is 0 Å². The first kappa shape index (κ1) is 22.4. The van der Waals surface area contributed by atoms with E-state index in [0.717, 1.165) is 48.5 Å². The lowest BCUT2D eigenvalue weighted by Crippen LogP contribution is -2.43. The smallest absolute Gasteiger partial charge is 0.174 e. The molecule has 0 saturated heterocycles. The number of aryl methyl sites for hydroxylation is 1. The van der Waals surface area contributed by atoms with E-state index in [2.05, 4.69) is 28.5 Å². The summed E-state index contributed by atoms with van der Waals surface area (Å²) < 4.78 is 15.3. The van der Waals surface area contributed by atoms with Crippen LogP contribution in [0.15, 0.2) is 41.4 Å². The van der Waals surface area contributed by atoms with Crippen LogP contribution in [-0.4, -0.2) is 11.5 Å². The minimum atomic E-state index is -1.44. The zero-order valence-corrected chi connectivity index (χ0v) is 18.3. The normalized spacial score (nSPS) is 26.5. The van der Waals surface area contributed by atoms with E-state index in [9.17, 15) is 0 Å². The molecule has 0 aromatic heterocycles. The molecule has 3 aliphatic rings. The van der Waals surface area contributed by atoms with Crippen molar-refractivity contribution in [2.45, 2.75) is 56.3 Å². The van der Waals surface area contributed by atoms with Crippen molar-refractivity contribution in [3.63, 3.8) is 0 Å². The quantitative estimate of drug-likeness (QED) is 0.600. The highest BCUT2D eigenvalue weighted by molar-refractivity contribution is 6.30. The Bertz CT molecular complexity index is 949. The number of nitrogens with zero attached hydrogens (tertiary/aromatic N) is 1. The summed E-state index contributed by atoms with van der Waals surface area (Å²) in [4.78, 5) is 4.48. The number of amidine groups is 1. The predicted molar refractivity (Wildman–Crippen MR) is 122 cm³/mol. The summed E-state index contributed by atoms with van der Waals surface area (Å²) in [7, 11) is 0. The number of halogens is 4. The Balaban J connectivity index is 0.00000120. The largest absolute Gasteiger partial charge is 0.384 e. The van der Waals surface area contributed by atoms with Gasteiger partial charge in [0.2, 0.25) is 0 Å². The Morgan fingerprint density at radius 3 is 2.79 bits per heavy atom. The van der Waals surface area contributed by atoms with E-state index in [4.69, 9.17) is 17.3 Å². The SMILES string of the molecule is Cl.Cl.NC1=Nc2cc3c(cc2C2CCCC12F)CCC3NCc1cccc(Cl)c1. The van der Waals surface area contributed by atoms with Crippen LogP contribution in [0.4, 0.5) is 10.1 Å². The number of rotatable bonds is 3. The maximum Gasteiger partial charge on any atom is 0.174 e. The number of alkyl halides is 1. The van der Waals surface area contributed by atoms with E-state index in [1.54, 1.807) is 0 Å². The minimum Gasteiger partial charge on any atom is -0.384 e. The predicted octanol–water partition coefficient (Wildman–Crippen LogP) is 5.94. The molecule has 3 N–H and O–H groups in total. The van der Waals surface area contributed by atoms with Gasteiger partial charge in [0, 0.05) is 23.5 Å². The molecule has 1 heterocycles. The number of hydrogen-bond donors (Lipinski definition) is 2. The zero-order chi connectivity index (χ0) is 18.6. The molecule has 3 unspecified atom stereocenters. The van der Waals surface area contributed by atoms with Crippen LogP contribution in [-0.2, 0) is 13.0 Å². The first-order valence-corrected chi connectivity index (χ1v) is 10.1. The summed E-state index contributed by atoms with van der Waals surface area (Å²) in [6.45, 7) is 0.767. The number of benzene rings is 2. The standard InChI is InChI=1S/C22H23ClFN3.2ClH/c23-15-4-1-3-13(9-15)12-26-19-7-6-14-10-17-18-5-2-8-22(18,24)21(25)27-20(17)11-16(14)19;;/h1,3-4,9-11,18-19,26H,2,5-8,12H2,(H2,25,27);2*1H. The monoisotopic (exact) mass is 455 g/mol. The average Bonchev–Trinajstić information content (AvgIpc) is 3.23. The summed E-state index contributed by atoms with van der Waals surface area (Å²) in [5, 5.41) is 4.40. The van der Waals surface area contributed by atoms with Gasteiger partial charge in [-0.3, -0.25) is 0 Å². The van der Waals surface area contributed by atoms with Crippen LogP contribution in [0.1, 0.15) is 59.9 Å². The molecule has 0 radical (unpaired) electrons. The van der Waals surface area contributed by atoms with E-state index in [1.807, 2.05) is 18.2 Å². The van der Waals surface area contributed by atoms with E-state index in [-0.39, 0.29) is 42.6 Å². The fraction of sp³-hybridized carbons (Fsp3) is 0.409. The number of aliphatic imine (C=N–C) groups is 1. The van der Waals surface area contributed by atoms with Crippen molar-refractivity contribution in [1.82, 2.24) is 5.32 Å². The van der Waals surface area contributed by atoms with Gasteiger partial charge in [0.1, 0.15) is 5.84 Å². The molecule has 29 heavy (non-hydrogen) atoms. The molecule has 3 nitrogen and oxygen atoms in total. The first-order chi connectivity index (χ1) is 13.0. The number of hydrogen-bond acceptors (Lipinski definition) is 3. The van der Waals surface area contributed by atoms with Gasteiger partial charge < -0.3 is 11.1 Å². The van der Waals surface area contributed by atoms with Gasteiger partial charge in [0.25, 0.3) is 0 Å². The Labute approximate surface area is 188 Å². The second kappa shape index (κ2) is 8.43. The van der Waals surface area contributed by atoms with Crippen molar-refractivity contribution in [3.05, 3.63) is 63.7 Å². The topological polar surface area (TPSA) is 50.4 Å². The lowest BCUT2D eigenvalue weighted by atomic mass is 9.81. The first-order valence-electron chi connectivity index (χ1n) is 9.73. The second-order valence-corrected chi connectivity index (χ2v) is 8.45. The number of nitrogens with one attached hydrogen (secondary N) is 1. The zero-order valence-electron chi connectivity index (χ0n) is 16.0. The molecule has 156 valence electrons. The van der Waals surface area contributed by atoms with Crippen molar-refractivity contribution in [2.24, 2.45) is 10.7 Å². The van der Waals surface area contributed by atoms with Gasteiger partial charge in [-0.15, -0.1) is 24.8 Å². The summed E-state index contributed by atoms with van der Waals surface area (Å²) in [5.41, 5.74) is 10.3. The molecule has 0 amide bonds. The summed E-state index contributed by atoms with van der Waals surface area (Å²) in [6, 6.07) is 12.5. The van der Waals surface area contributed by atoms with E-state index in [0.29, 0.717) is 6.42 Å². The van der Waals surface area contributed by atoms with Crippen molar-refractivity contribution in [2.75, 3.05) is 0 Å². The molecule has 1 fully saturated rings. The summed E-state index contributed by atoms with van der Waals surface area (Å²) >= 11 is 6.08. The molecule has 0 bridgehead atoms. The molecule has 2 aliphatic carbocycles. The van der Waals surface area contributed by atoms with Crippen molar-refractivity contribution in [1.29, 1.82) is 0 Å². The summed E-state index contributed by atoms with van der Waals surface area (Å²) in [5.74, 6) is 0.0349. The van der Waals surface area contributed by atoms with Gasteiger partial charge in [0.05, 0.1) is 5.69 Å². The molecular formula is C22H25Cl3FN3. The maximum atomic E-state index is 15.3. The lowest BCUT2D eigenvalue weighted by Gasteiger charge is -2.32. The third-order valence-corrected chi connectivity index (χ3v) is 6.67. The highest BCUT2D eigenvalue weighted by Gasteiger charge is 2.50. The second-order valence-electron chi connectivity index (χ2n) is 8.02.